The molecule has 5 rings (SSSR count). The van der Waals surface area contributed by atoms with Gasteiger partial charge in [0.2, 0.25) is 47.3 Å². The molecule has 0 bridgehead atoms. The lowest BCUT2D eigenvalue weighted by Gasteiger charge is -2.37. The highest BCUT2D eigenvalue weighted by Crippen LogP contribution is 2.33. The lowest BCUT2D eigenvalue weighted by Crippen LogP contribution is -2.60. The molecule has 2 saturated heterocycles. The number of hydrogen-bond donors (Lipinski definition) is 8. The van der Waals surface area contributed by atoms with E-state index in [1.54, 1.807) is 37.7 Å². The zero-order chi connectivity index (χ0) is 52.9. The van der Waals surface area contributed by atoms with Crippen LogP contribution in [0.2, 0.25) is 0 Å². The van der Waals surface area contributed by atoms with E-state index in [-0.39, 0.29) is 96.1 Å². The Morgan fingerprint density at radius 2 is 0.778 bits per heavy atom. The molecule has 0 aromatic rings. The molecular formula is C54H94N10O8. The van der Waals surface area contributed by atoms with Gasteiger partial charge in [-0.15, -0.1) is 0 Å². The van der Waals surface area contributed by atoms with Gasteiger partial charge in [0, 0.05) is 50.1 Å². The van der Waals surface area contributed by atoms with E-state index >= 15 is 0 Å². The van der Waals surface area contributed by atoms with Crippen LogP contribution in [-0.2, 0) is 38.4 Å². The fourth-order valence-electron chi connectivity index (χ4n) is 11.7. The first-order valence-electron chi connectivity index (χ1n) is 27.8. The number of nitrogens with one attached hydrogen (secondary N) is 8. The van der Waals surface area contributed by atoms with E-state index in [4.69, 9.17) is 0 Å². The minimum atomic E-state index is -0.814. The largest absolute Gasteiger partial charge is 0.354 e. The lowest BCUT2D eigenvalue weighted by molar-refractivity contribution is -0.144. The molecule has 8 N–H and O–H groups in total. The van der Waals surface area contributed by atoms with E-state index < -0.39 is 47.1 Å². The van der Waals surface area contributed by atoms with E-state index in [0.29, 0.717) is 64.5 Å². The minimum Gasteiger partial charge on any atom is -0.354 e. The third kappa shape index (κ3) is 15.8. The van der Waals surface area contributed by atoms with Crippen LogP contribution < -0.4 is 42.5 Å². The van der Waals surface area contributed by atoms with Crippen LogP contribution in [0, 0.1) is 34.5 Å². The van der Waals surface area contributed by atoms with Crippen molar-refractivity contribution in [3.8, 4) is 0 Å². The van der Waals surface area contributed by atoms with E-state index in [1.807, 2.05) is 41.5 Å². The Balaban J connectivity index is 1.15. The summed E-state index contributed by atoms with van der Waals surface area (Å²) in [7, 11) is 3.38. The van der Waals surface area contributed by atoms with Crippen LogP contribution in [0.5, 0.6) is 0 Å². The van der Waals surface area contributed by atoms with Crippen LogP contribution in [0.1, 0.15) is 171 Å². The standard InChI is InChI=1S/C54H94N10O8/c1-33(55-9)45(65)61-43(53(3,4)5)51(71)63-29-17-23-41(63)49(69)59-39(35-19-13-11-14-20-35)31-57-47(67)37-25-27-38(28-26-37)48(68)58-32-40(36-21-15-12-16-22-36)60-50(70)42-24-18-30-64(42)52(72)44(54(6,7)8)62-46(66)34(2)56-10/h33-44,55-56H,11-32H2,1-10H3,(H,57,67)(H,58,68)(H,59,69)(H,60,70)(H,61,65)(H,62,66). The van der Waals surface area contributed by atoms with Gasteiger partial charge in [0.15, 0.2) is 0 Å². The van der Waals surface area contributed by atoms with Crippen molar-refractivity contribution < 1.29 is 38.4 Å². The van der Waals surface area contributed by atoms with Crippen LogP contribution in [0.25, 0.3) is 0 Å². The molecule has 0 radical (unpaired) electrons. The number of nitrogens with zero attached hydrogens (tertiary/aromatic N) is 2. The summed E-state index contributed by atoms with van der Waals surface area (Å²) in [5.41, 5.74) is -1.18. The molecule has 8 amide bonds. The molecule has 18 heteroatoms. The van der Waals surface area contributed by atoms with Crippen LogP contribution >= 0.6 is 0 Å². The summed E-state index contributed by atoms with van der Waals surface area (Å²) in [4.78, 5) is 113. The minimum absolute atomic E-state index is 0.0793. The molecule has 2 aliphatic heterocycles. The second kappa shape index (κ2) is 26.8. The fourth-order valence-corrected chi connectivity index (χ4v) is 11.7. The molecule has 0 aromatic carbocycles. The first-order valence-corrected chi connectivity index (χ1v) is 27.8. The number of carbonyl (C=O) groups is 8. The van der Waals surface area contributed by atoms with Gasteiger partial charge in [-0.2, -0.15) is 0 Å². The van der Waals surface area contributed by atoms with Crippen molar-refractivity contribution in [3.63, 3.8) is 0 Å². The first kappa shape index (κ1) is 58.6. The normalized spacial score (nSPS) is 25.0. The van der Waals surface area contributed by atoms with Crippen LogP contribution in [0.4, 0.5) is 0 Å². The average Bonchev–Trinajstić information content (AvgIpc) is 4.08. The zero-order valence-electron chi connectivity index (χ0n) is 45.6. The van der Waals surface area contributed by atoms with Gasteiger partial charge in [0.05, 0.1) is 12.1 Å². The monoisotopic (exact) mass is 1010 g/mol. The Bertz CT molecular complexity index is 1730. The summed E-state index contributed by atoms with van der Waals surface area (Å²) in [5.74, 6) is -1.87. The maximum absolute atomic E-state index is 14.1. The third-order valence-corrected chi connectivity index (χ3v) is 16.7. The number of rotatable bonds is 20. The Morgan fingerprint density at radius 3 is 1.08 bits per heavy atom. The number of likely N-dealkylation sites (N-methyl/N-ethyl adjacent to an activating group) is 2. The van der Waals surface area contributed by atoms with Crippen molar-refractivity contribution in [1.29, 1.82) is 0 Å². The van der Waals surface area contributed by atoms with Gasteiger partial charge in [-0.1, -0.05) is 80.1 Å². The van der Waals surface area contributed by atoms with E-state index in [9.17, 15) is 38.4 Å². The molecule has 3 aliphatic carbocycles. The summed E-state index contributed by atoms with van der Waals surface area (Å²) < 4.78 is 0. The number of hydrogen-bond acceptors (Lipinski definition) is 10. The van der Waals surface area contributed by atoms with Gasteiger partial charge in [-0.3, -0.25) is 38.4 Å². The van der Waals surface area contributed by atoms with E-state index in [0.717, 1.165) is 64.2 Å². The molecular weight excluding hydrogens is 917 g/mol. The van der Waals surface area contributed by atoms with Gasteiger partial charge >= 0.3 is 0 Å². The molecule has 8 atom stereocenters. The molecule has 18 nitrogen and oxygen atoms in total. The van der Waals surface area contributed by atoms with Gasteiger partial charge in [0.25, 0.3) is 0 Å². The van der Waals surface area contributed by atoms with Gasteiger partial charge < -0.3 is 52.3 Å². The zero-order valence-corrected chi connectivity index (χ0v) is 45.6. The second-order valence-electron chi connectivity index (χ2n) is 24.1. The highest BCUT2D eigenvalue weighted by molar-refractivity contribution is 5.95. The molecule has 2 heterocycles. The van der Waals surface area contributed by atoms with Crippen LogP contribution in [-0.4, -0.2) is 146 Å². The van der Waals surface area contributed by atoms with E-state index in [2.05, 4.69) is 42.5 Å². The third-order valence-electron chi connectivity index (χ3n) is 16.7. The summed E-state index contributed by atoms with van der Waals surface area (Å²) >= 11 is 0. The highest BCUT2D eigenvalue weighted by Gasteiger charge is 2.45. The number of amides is 8. The summed E-state index contributed by atoms with van der Waals surface area (Å²) in [6.07, 6.45) is 14.8. The molecule has 0 spiro atoms. The second-order valence-corrected chi connectivity index (χ2v) is 24.1. The lowest BCUT2D eigenvalue weighted by atomic mass is 9.80. The average molecular weight is 1010 g/mol. The summed E-state index contributed by atoms with van der Waals surface area (Å²) in [6.45, 7) is 16.3. The molecule has 0 aromatic heterocycles. The molecule has 8 unspecified atom stereocenters. The molecule has 5 fully saturated rings. The molecule has 3 saturated carbocycles. The highest BCUT2D eigenvalue weighted by atomic mass is 16.2. The predicted octanol–water partition coefficient (Wildman–Crippen LogP) is 3.42. The quantitative estimate of drug-likeness (QED) is 0.0885. The molecule has 408 valence electrons. The Hall–Kier alpha value is -4.32. The smallest absolute Gasteiger partial charge is 0.246 e. The number of carbonyl (C=O) groups excluding carboxylic acids is 8. The van der Waals surface area contributed by atoms with Crippen molar-refractivity contribution in [1.82, 2.24) is 52.3 Å². The Labute approximate surface area is 430 Å². The molecule has 72 heavy (non-hydrogen) atoms. The van der Waals surface area contributed by atoms with Crippen molar-refractivity contribution in [2.45, 2.75) is 219 Å². The van der Waals surface area contributed by atoms with Crippen molar-refractivity contribution in [3.05, 3.63) is 0 Å². The molecule has 5 aliphatic rings. The maximum atomic E-state index is 14.1. The summed E-state index contributed by atoms with van der Waals surface area (Å²) in [6, 6.07) is -4.55. The Morgan fingerprint density at radius 1 is 0.444 bits per heavy atom. The van der Waals surface area contributed by atoms with Crippen molar-refractivity contribution >= 4 is 47.3 Å². The SMILES string of the molecule is CNC(C)C(=O)NC(C(=O)N1CCCC1C(=O)NC(CNC(=O)C1CCC(C(=O)NCC(NC(=O)C2CCCN2C(=O)C(NC(=O)C(C)NC)C(C)(C)C)C2CCCCC2)CC1)C1CCCCC1)C(C)(C)C. The first-order chi connectivity index (χ1) is 34.0. The fraction of sp³-hybridized carbons (Fsp3) is 0.852. The van der Waals surface area contributed by atoms with Gasteiger partial charge in [0.1, 0.15) is 24.2 Å². The van der Waals surface area contributed by atoms with Crippen LogP contribution in [0.15, 0.2) is 0 Å². The van der Waals surface area contributed by atoms with Crippen molar-refractivity contribution in [2.24, 2.45) is 34.5 Å². The van der Waals surface area contributed by atoms with E-state index in [1.165, 1.54) is 0 Å². The van der Waals surface area contributed by atoms with Crippen LogP contribution in [0.3, 0.4) is 0 Å². The maximum Gasteiger partial charge on any atom is 0.246 e. The van der Waals surface area contributed by atoms with Crippen molar-refractivity contribution in [2.75, 3.05) is 40.3 Å². The topological polar surface area (TPSA) is 239 Å². The van der Waals surface area contributed by atoms with Gasteiger partial charge in [-0.25, -0.2) is 0 Å². The number of likely N-dealkylation sites (tertiary alicyclic amines) is 2. The summed E-state index contributed by atoms with van der Waals surface area (Å²) in [5, 5.41) is 24.7. The van der Waals surface area contributed by atoms with Gasteiger partial charge in [-0.05, 0) is 128 Å². The predicted molar refractivity (Wildman–Crippen MR) is 278 cm³/mol. The Kier molecular flexibility index (Phi) is 21.8.